The van der Waals surface area contributed by atoms with E-state index in [2.05, 4.69) is 10.2 Å². The van der Waals surface area contributed by atoms with Crippen LogP contribution in [0.2, 0.25) is 0 Å². The Balaban J connectivity index is 1.37. The van der Waals surface area contributed by atoms with Crippen LogP contribution >= 0.6 is 0 Å². The minimum Gasteiger partial charge on any atom is -0.481 e. The van der Waals surface area contributed by atoms with Gasteiger partial charge in [0.25, 0.3) is 0 Å². The first-order valence-electron chi connectivity index (χ1n) is 16.6. The third kappa shape index (κ3) is 11.2. The topological polar surface area (TPSA) is 135 Å². The number of likely N-dealkylation sites (tertiary alicyclic amines) is 1. The van der Waals surface area contributed by atoms with Crippen molar-refractivity contribution in [3.8, 4) is 0 Å². The number of aliphatic carboxylic acids is 1. The second-order valence-corrected chi connectivity index (χ2v) is 13.4. The maximum absolute atomic E-state index is 13.0. The van der Waals surface area contributed by atoms with Crippen LogP contribution in [-0.4, -0.2) is 63.8 Å². The molecule has 3 N–H and O–H groups in total. The molecule has 10 heteroatoms. The summed E-state index contributed by atoms with van der Waals surface area (Å²) in [6.07, 6.45) is 4.88. The fourth-order valence-corrected chi connectivity index (χ4v) is 5.97. The first-order chi connectivity index (χ1) is 22.0. The van der Waals surface area contributed by atoms with E-state index in [0.717, 1.165) is 60.9 Å². The number of ether oxygens (including phenoxy) is 3. The summed E-state index contributed by atoms with van der Waals surface area (Å²) in [4.78, 5) is 38.1. The third-order valence-electron chi connectivity index (χ3n) is 8.38. The van der Waals surface area contributed by atoms with E-state index in [4.69, 9.17) is 19.3 Å². The molecule has 0 radical (unpaired) electrons. The average molecular weight is 639 g/mol. The van der Waals surface area contributed by atoms with Gasteiger partial charge in [0.1, 0.15) is 11.6 Å². The van der Waals surface area contributed by atoms with E-state index in [0.29, 0.717) is 32.4 Å². The molecule has 252 valence electrons. The van der Waals surface area contributed by atoms with Gasteiger partial charge >= 0.3 is 11.9 Å². The molecule has 2 fully saturated rings. The zero-order valence-corrected chi connectivity index (χ0v) is 27.4. The van der Waals surface area contributed by atoms with Crippen molar-refractivity contribution in [1.82, 2.24) is 10.2 Å². The van der Waals surface area contributed by atoms with E-state index in [-0.39, 0.29) is 43.2 Å². The summed E-state index contributed by atoms with van der Waals surface area (Å²) in [7, 11) is 0. The highest BCUT2D eigenvalue weighted by Gasteiger charge is 2.38. The first kappa shape index (κ1) is 35.5. The van der Waals surface area contributed by atoms with Gasteiger partial charge in [-0.1, -0.05) is 61.4 Å². The average Bonchev–Trinajstić information content (AvgIpc) is 3.49. The van der Waals surface area contributed by atoms with Crippen LogP contribution in [0.3, 0.4) is 0 Å². The van der Waals surface area contributed by atoms with Crippen LogP contribution in [-0.2, 0) is 41.7 Å². The van der Waals surface area contributed by atoms with Gasteiger partial charge in [0.15, 0.2) is 6.29 Å². The summed E-state index contributed by atoms with van der Waals surface area (Å²) in [6.45, 7) is 7.43. The number of aliphatic hydroxyl groups excluding tert-OH is 1. The Bertz CT molecular complexity index is 1270. The number of hydrogen-bond donors (Lipinski definition) is 3. The molecule has 2 aliphatic heterocycles. The maximum atomic E-state index is 13.0. The fraction of sp³-hybridized carbons (Fsp3) is 0.583. The van der Waals surface area contributed by atoms with Crippen molar-refractivity contribution in [2.75, 3.05) is 13.1 Å². The third-order valence-corrected chi connectivity index (χ3v) is 8.38. The van der Waals surface area contributed by atoms with E-state index in [1.165, 1.54) is 0 Å². The first-order valence-corrected chi connectivity index (χ1v) is 16.6. The zero-order chi connectivity index (χ0) is 33.1. The van der Waals surface area contributed by atoms with Crippen molar-refractivity contribution in [2.45, 2.75) is 122 Å². The molecule has 0 aromatic heterocycles. The number of esters is 1. The number of aliphatic hydroxyl groups is 1. The van der Waals surface area contributed by atoms with Crippen molar-refractivity contribution >= 4 is 17.8 Å². The molecule has 2 aromatic carbocycles. The smallest absolute Gasteiger partial charge is 0.323 e. The number of carboxylic acid groups (broad SMARTS) is 1. The molecule has 4 rings (SSSR count). The number of amides is 1. The number of hydrogen-bond acceptors (Lipinski definition) is 8. The standard InChI is InChI=1S/C36H50N2O8/c1-36(2,3)46-34(43)30-9-8-20-38(30)23-29-21-31(27-16-14-26(24-39)15-17-27)45-35(44-29)28-18-12-25(13-19-28)22-37-32(40)10-6-4-5-7-11-33(41)42/h12-19,29-31,35,39H,4-11,20-24H2,1-3H3,(H,37,40)(H,41,42)/t29-,30+,31+,35+/m1/s1. The van der Waals surface area contributed by atoms with Gasteiger partial charge in [-0.15, -0.1) is 0 Å². The second kappa shape index (κ2) is 17.0. The van der Waals surface area contributed by atoms with Crippen LogP contribution in [0.1, 0.15) is 113 Å². The quantitative estimate of drug-likeness (QED) is 0.169. The molecule has 1 amide bonds. The number of nitrogens with zero attached hydrogens (tertiary/aromatic N) is 1. The normalized spacial score (nSPS) is 22.0. The molecule has 4 atom stereocenters. The van der Waals surface area contributed by atoms with Crippen molar-refractivity contribution in [1.29, 1.82) is 0 Å². The van der Waals surface area contributed by atoms with Crippen LogP contribution in [0, 0.1) is 0 Å². The number of carbonyl (C=O) groups is 3. The van der Waals surface area contributed by atoms with Gasteiger partial charge in [0.05, 0.1) is 18.8 Å². The van der Waals surface area contributed by atoms with Crippen LogP contribution in [0.15, 0.2) is 48.5 Å². The molecule has 2 saturated heterocycles. The van der Waals surface area contributed by atoms with Gasteiger partial charge in [-0.05, 0) is 69.7 Å². The van der Waals surface area contributed by atoms with E-state index >= 15 is 0 Å². The van der Waals surface area contributed by atoms with Crippen molar-refractivity contribution in [3.05, 3.63) is 70.8 Å². The van der Waals surface area contributed by atoms with E-state index in [9.17, 15) is 19.5 Å². The molecular formula is C36H50N2O8. The predicted molar refractivity (Wildman–Crippen MR) is 172 cm³/mol. The van der Waals surface area contributed by atoms with Gasteiger partial charge in [0, 0.05) is 37.9 Å². The highest BCUT2D eigenvalue weighted by Crippen LogP contribution is 2.39. The molecule has 0 unspecified atom stereocenters. The Morgan fingerprint density at radius 1 is 0.913 bits per heavy atom. The van der Waals surface area contributed by atoms with Gasteiger partial charge in [-0.25, -0.2) is 0 Å². The summed E-state index contributed by atoms with van der Waals surface area (Å²) >= 11 is 0. The lowest BCUT2D eigenvalue weighted by atomic mass is 9.99. The SMILES string of the molecule is CC(C)(C)OC(=O)[C@@H]1CCCN1C[C@H]1C[C@@H](c2ccc(CO)cc2)O[C@@H](c2ccc(CNC(=O)CCCCCCC(=O)O)cc2)O1. The summed E-state index contributed by atoms with van der Waals surface area (Å²) in [5, 5.41) is 21.2. The van der Waals surface area contributed by atoms with Crippen molar-refractivity contribution in [2.24, 2.45) is 0 Å². The van der Waals surface area contributed by atoms with Crippen LogP contribution in [0.5, 0.6) is 0 Å². The van der Waals surface area contributed by atoms with Crippen LogP contribution < -0.4 is 5.32 Å². The fourth-order valence-electron chi connectivity index (χ4n) is 5.97. The minimum absolute atomic E-state index is 0.0224. The Labute approximate surface area is 272 Å². The molecule has 46 heavy (non-hydrogen) atoms. The zero-order valence-electron chi connectivity index (χ0n) is 27.4. The van der Waals surface area contributed by atoms with Crippen molar-refractivity contribution in [3.63, 3.8) is 0 Å². The number of nitrogens with one attached hydrogen (secondary N) is 1. The summed E-state index contributed by atoms with van der Waals surface area (Å²) in [6, 6.07) is 15.3. The predicted octanol–water partition coefficient (Wildman–Crippen LogP) is 5.57. The molecular weight excluding hydrogens is 588 g/mol. The Kier molecular flexibility index (Phi) is 13.1. The highest BCUT2D eigenvalue weighted by molar-refractivity contribution is 5.76. The molecule has 2 aromatic rings. The molecule has 0 spiro atoms. The van der Waals surface area contributed by atoms with E-state index < -0.39 is 17.9 Å². The Morgan fingerprint density at radius 3 is 2.22 bits per heavy atom. The number of rotatable bonds is 15. The van der Waals surface area contributed by atoms with Gasteiger partial charge < -0.3 is 29.7 Å². The lowest BCUT2D eigenvalue weighted by Gasteiger charge is -2.38. The highest BCUT2D eigenvalue weighted by atomic mass is 16.7. The molecule has 2 aliphatic rings. The Hall–Kier alpha value is -3.31. The summed E-state index contributed by atoms with van der Waals surface area (Å²) in [5.74, 6) is -0.997. The van der Waals surface area contributed by atoms with Gasteiger partial charge in [0.2, 0.25) is 5.91 Å². The number of carboxylic acids is 1. The lowest BCUT2D eigenvalue weighted by Crippen LogP contribution is -2.45. The molecule has 0 bridgehead atoms. The molecule has 0 aliphatic carbocycles. The molecule has 2 heterocycles. The van der Waals surface area contributed by atoms with Gasteiger partial charge in [-0.2, -0.15) is 0 Å². The van der Waals surface area contributed by atoms with E-state index in [1.807, 2.05) is 69.3 Å². The Morgan fingerprint density at radius 2 is 1.57 bits per heavy atom. The molecule has 10 nitrogen and oxygen atoms in total. The number of carbonyl (C=O) groups excluding carboxylic acids is 2. The summed E-state index contributed by atoms with van der Waals surface area (Å²) in [5.41, 5.74) is 3.11. The number of benzene rings is 2. The van der Waals surface area contributed by atoms with Crippen LogP contribution in [0.4, 0.5) is 0 Å². The number of unbranched alkanes of at least 4 members (excludes halogenated alkanes) is 3. The van der Waals surface area contributed by atoms with Gasteiger partial charge in [-0.3, -0.25) is 19.3 Å². The van der Waals surface area contributed by atoms with Crippen molar-refractivity contribution < 1.29 is 38.8 Å². The minimum atomic E-state index is -0.783. The van der Waals surface area contributed by atoms with E-state index in [1.54, 1.807) is 0 Å². The van der Waals surface area contributed by atoms with Crippen LogP contribution in [0.25, 0.3) is 0 Å². The molecule has 0 saturated carbocycles. The largest absolute Gasteiger partial charge is 0.481 e. The second-order valence-electron chi connectivity index (χ2n) is 13.4. The monoisotopic (exact) mass is 638 g/mol. The summed E-state index contributed by atoms with van der Waals surface area (Å²) < 4.78 is 18.7. The maximum Gasteiger partial charge on any atom is 0.323 e. The lowest BCUT2D eigenvalue weighted by molar-refractivity contribution is -0.253.